The first-order chi connectivity index (χ1) is 10.0. The molecule has 0 aliphatic carbocycles. The topological polar surface area (TPSA) is 79.3 Å². The summed E-state index contributed by atoms with van der Waals surface area (Å²) >= 11 is 5.90. The lowest BCUT2D eigenvalue weighted by Gasteiger charge is -2.08. The van der Waals surface area contributed by atoms with Crippen molar-refractivity contribution in [2.24, 2.45) is 0 Å². The molecule has 1 heterocycles. The van der Waals surface area contributed by atoms with E-state index in [-0.39, 0.29) is 23.1 Å². The minimum absolute atomic E-state index is 0.0747. The van der Waals surface area contributed by atoms with Crippen LogP contribution in [0, 0.1) is 0 Å². The number of halogens is 1. The van der Waals surface area contributed by atoms with Gasteiger partial charge in [-0.1, -0.05) is 23.7 Å². The third kappa shape index (κ3) is 4.25. The number of aromatic nitrogens is 1. The lowest BCUT2D eigenvalue weighted by Crippen LogP contribution is -2.26. The third-order valence-electron chi connectivity index (χ3n) is 2.90. The molecular weight excluding hydrogens is 312 g/mol. The van der Waals surface area contributed by atoms with Crippen LogP contribution in [0.25, 0.3) is 0 Å². The Morgan fingerprint density at radius 1 is 1.24 bits per heavy atom. The highest BCUT2D eigenvalue weighted by Crippen LogP contribution is 2.20. The Morgan fingerprint density at radius 2 is 2.05 bits per heavy atom. The van der Waals surface area contributed by atoms with E-state index in [1.54, 1.807) is 12.3 Å². The molecule has 7 heteroatoms. The highest BCUT2D eigenvalue weighted by Gasteiger charge is 2.15. The summed E-state index contributed by atoms with van der Waals surface area (Å²) in [5, 5.41) is 9.25. The van der Waals surface area contributed by atoms with Gasteiger partial charge in [-0.3, -0.25) is 4.98 Å². The molecule has 0 fully saturated rings. The first-order valence-corrected chi connectivity index (χ1v) is 8.18. The molecule has 2 N–H and O–H groups in total. The monoisotopic (exact) mass is 326 g/mol. The smallest absolute Gasteiger partial charge is 0.240 e. The summed E-state index contributed by atoms with van der Waals surface area (Å²) in [5.74, 6) is 0. The van der Waals surface area contributed by atoms with E-state index >= 15 is 0 Å². The molecule has 0 spiro atoms. The minimum Gasteiger partial charge on any atom is -0.392 e. The standard InChI is InChI=1S/C14H15ClN2O3S/c15-14-9-13(5-4-11(14)10-18)21(19,20)17-8-6-12-3-1-2-7-16-12/h1-5,7,9,17-18H,6,8,10H2. The van der Waals surface area contributed by atoms with Crippen molar-refractivity contribution < 1.29 is 13.5 Å². The fourth-order valence-corrected chi connectivity index (χ4v) is 3.13. The van der Waals surface area contributed by atoms with Crippen molar-refractivity contribution in [2.75, 3.05) is 6.54 Å². The van der Waals surface area contributed by atoms with Gasteiger partial charge < -0.3 is 5.11 Å². The number of sulfonamides is 1. The fourth-order valence-electron chi connectivity index (χ4n) is 1.77. The number of nitrogens with zero attached hydrogens (tertiary/aromatic N) is 1. The molecule has 2 aromatic rings. The summed E-state index contributed by atoms with van der Waals surface area (Å²) in [6.07, 6.45) is 2.17. The molecule has 0 amide bonds. The van der Waals surface area contributed by atoms with E-state index < -0.39 is 10.0 Å². The fraction of sp³-hybridized carbons (Fsp3) is 0.214. The van der Waals surface area contributed by atoms with E-state index in [0.29, 0.717) is 12.0 Å². The third-order valence-corrected chi connectivity index (χ3v) is 4.72. The van der Waals surface area contributed by atoms with Gasteiger partial charge in [0.15, 0.2) is 0 Å². The van der Waals surface area contributed by atoms with Crippen molar-refractivity contribution in [3.05, 3.63) is 58.9 Å². The maximum atomic E-state index is 12.1. The van der Waals surface area contributed by atoms with Crippen molar-refractivity contribution in [2.45, 2.75) is 17.9 Å². The molecule has 0 aliphatic heterocycles. The van der Waals surface area contributed by atoms with Gasteiger partial charge in [0, 0.05) is 29.9 Å². The summed E-state index contributed by atoms with van der Waals surface area (Å²) in [4.78, 5) is 4.20. The predicted octanol–water partition coefficient (Wildman–Crippen LogP) is 1.75. The maximum absolute atomic E-state index is 12.1. The second-order valence-electron chi connectivity index (χ2n) is 4.38. The van der Waals surface area contributed by atoms with Crippen LogP contribution in [0.1, 0.15) is 11.3 Å². The Morgan fingerprint density at radius 3 is 2.67 bits per heavy atom. The van der Waals surface area contributed by atoms with E-state index in [2.05, 4.69) is 9.71 Å². The first kappa shape index (κ1) is 15.9. The molecule has 1 aromatic heterocycles. The van der Waals surface area contributed by atoms with Gasteiger partial charge in [-0.05, 0) is 29.8 Å². The molecule has 0 radical (unpaired) electrons. The van der Waals surface area contributed by atoms with Crippen LogP contribution in [0.4, 0.5) is 0 Å². The summed E-state index contributed by atoms with van der Waals surface area (Å²) in [6, 6.07) is 9.73. The predicted molar refractivity (Wildman–Crippen MR) is 80.5 cm³/mol. The van der Waals surface area contributed by atoms with Crippen LogP contribution in [0.5, 0.6) is 0 Å². The number of pyridine rings is 1. The molecule has 0 atom stereocenters. The van der Waals surface area contributed by atoms with Crippen LogP contribution in [0.15, 0.2) is 47.5 Å². The van der Waals surface area contributed by atoms with Crippen molar-refractivity contribution in [3.8, 4) is 0 Å². The SMILES string of the molecule is O=S(=O)(NCCc1ccccn1)c1ccc(CO)c(Cl)c1. The molecule has 1 aromatic carbocycles. The van der Waals surface area contributed by atoms with Gasteiger partial charge in [-0.2, -0.15) is 0 Å². The number of hydrogen-bond acceptors (Lipinski definition) is 4. The zero-order valence-corrected chi connectivity index (χ0v) is 12.7. The van der Waals surface area contributed by atoms with Gasteiger partial charge >= 0.3 is 0 Å². The number of nitrogens with one attached hydrogen (secondary N) is 1. The number of aliphatic hydroxyl groups excluding tert-OH is 1. The van der Waals surface area contributed by atoms with Gasteiger partial charge in [0.05, 0.1) is 11.5 Å². The summed E-state index contributed by atoms with van der Waals surface area (Å²) in [5.41, 5.74) is 1.30. The average molecular weight is 327 g/mol. The molecule has 0 saturated heterocycles. The van der Waals surface area contributed by atoms with Crippen LogP contribution in [0.3, 0.4) is 0 Å². The number of benzene rings is 1. The van der Waals surface area contributed by atoms with Crippen LogP contribution in [0.2, 0.25) is 5.02 Å². The second-order valence-corrected chi connectivity index (χ2v) is 6.55. The van der Waals surface area contributed by atoms with E-state index in [1.165, 1.54) is 18.2 Å². The van der Waals surface area contributed by atoms with E-state index in [0.717, 1.165) is 5.69 Å². The summed E-state index contributed by atoms with van der Waals surface area (Å²) in [7, 11) is -3.62. The van der Waals surface area contributed by atoms with E-state index in [9.17, 15) is 8.42 Å². The highest BCUT2D eigenvalue weighted by atomic mass is 35.5. The average Bonchev–Trinajstić information content (AvgIpc) is 2.48. The first-order valence-electron chi connectivity index (χ1n) is 6.32. The molecule has 112 valence electrons. The Hall–Kier alpha value is -1.47. The second kappa shape index (κ2) is 7.00. The van der Waals surface area contributed by atoms with E-state index in [1.807, 2.05) is 12.1 Å². The number of aliphatic hydroxyl groups is 1. The van der Waals surface area contributed by atoms with Crippen LogP contribution >= 0.6 is 11.6 Å². The zero-order chi connectivity index (χ0) is 15.3. The van der Waals surface area contributed by atoms with E-state index in [4.69, 9.17) is 16.7 Å². The van der Waals surface area contributed by atoms with Crippen molar-refractivity contribution in [1.29, 1.82) is 0 Å². The van der Waals surface area contributed by atoms with Crippen molar-refractivity contribution in [3.63, 3.8) is 0 Å². The molecule has 2 rings (SSSR count). The number of hydrogen-bond donors (Lipinski definition) is 2. The lowest BCUT2D eigenvalue weighted by molar-refractivity contribution is 0.282. The Balaban J connectivity index is 2.03. The Bertz CT molecular complexity index is 705. The number of rotatable bonds is 6. The molecule has 5 nitrogen and oxygen atoms in total. The summed E-state index contributed by atoms with van der Waals surface area (Å²) in [6.45, 7) is 0.0188. The molecule has 0 saturated carbocycles. The van der Waals surface area contributed by atoms with Crippen LogP contribution in [-0.2, 0) is 23.1 Å². The quantitative estimate of drug-likeness (QED) is 0.847. The van der Waals surface area contributed by atoms with Gasteiger partial charge in [-0.25, -0.2) is 13.1 Å². The van der Waals surface area contributed by atoms with Gasteiger partial charge in [0.2, 0.25) is 10.0 Å². The minimum atomic E-state index is -3.62. The molecule has 0 aliphatic rings. The van der Waals surface area contributed by atoms with Gasteiger partial charge in [0.25, 0.3) is 0 Å². The van der Waals surface area contributed by atoms with Crippen LogP contribution < -0.4 is 4.72 Å². The van der Waals surface area contributed by atoms with Gasteiger partial charge in [-0.15, -0.1) is 0 Å². The highest BCUT2D eigenvalue weighted by molar-refractivity contribution is 7.89. The molecular formula is C14H15ClN2O3S. The molecule has 0 bridgehead atoms. The van der Waals surface area contributed by atoms with Crippen LogP contribution in [-0.4, -0.2) is 25.1 Å². The largest absolute Gasteiger partial charge is 0.392 e. The van der Waals surface area contributed by atoms with Crippen molar-refractivity contribution >= 4 is 21.6 Å². The van der Waals surface area contributed by atoms with Crippen molar-refractivity contribution in [1.82, 2.24) is 9.71 Å². The lowest BCUT2D eigenvalue weighted by atomic mass is 10.2. The normalized spacial score (nSPS) is 11.5. The maximum Gasteiger partial charge on any atom is 0.240 e. The summed E-state index contributed by atoms with van der Waals surface area (Å²) < 4.78 is 26.7. The Labute approximate surface area is 128 Å². The Kier molecular flexibility index (Phi) is 5.30. The van der Waals surface area contributed by atoms with Gasteiger partial charge in [0.1, 0.15) is 0 Å². The molecule has 21 heavy (non-hydrogen) atoms. The zero-order valence-electron chi connectivity index (χ0n) is 11.2. The molecule has 0 unspecified atom stereocenters.